The third-order valence-corrected chi connectivity index (χ3v) is 5.83. The van der Waals surface area contributed by atoms with E-state index < -0.39 is 11.8 Å². The van der Waals surface area contributed by atoms with E-state index in [4.69, 9.17) is 11.6 Å². The standard InChI is InChI=1S/C25H20ClNO3/c26-21-12-6-4-10-17(21)23(28)14-19(16-8-2-1-3-9-16)20-15-24(29)27-22-13-7-5-11-18(22)25(20)30/h1-13,19-20H,14-15H2,(H,27,29). The van der Waals surface area contributed by atoms with Gasteiger partial charge >= 0.3 is 0 Å². The van der Waals surface area contributed by atoms with Crippen LogP contribution in [0.15, 0.2) is 78.9 Å². The van der Waals surface area contributed by atoms with Crippen molar-refractivity contribution in [1.29, 1.82) is 0 Å². The fourth-order valence-electron chi connectivity index (χ4n) is 4.02. The number of hydrogen-bond acceptors (Lipinski definition) is 3. The fourth-order valence-corrected chi connectivity index (χ4v) is 4.26. The molecule has 0 bridgehead atoms. The smallest absolute Gasteiger partial charge is 0.225 e. The second kappa shape index (κ2) is 8.64. The monoisotopic (exact) mass is 417 g/mol. The molecule has 0 radical (unpaired) electrons. The lowest BCUT2D eigenvalue weighted by Gasteiger charge is -2.25. The van der Waals surface area contributed by atoms with E-state index in [0.29, 0.717) is 21.8 Å². The van der Waals surface area contributed by atoms with Crippen LogP contribution in [0.2, 0.25) is 5.02 Å². The third-order valence-electron chi connectivity index (χ3n) is 5.50. The predicted molar refractivity (Wildman–Crippen MR) is 117 cm³/mol. The first-order valence-corrected chi connectivity index (χ1v) is 10.2. The van der Waals surface area contributed by atoms with Crippen molar-refractivity contribution in [2.24, 2.45) is 5.92 Å². The van der Waals surface area contributed by atoms with Crippen molar-refractivity contribution < 1.29 is 14.4 Å². The van der Waals surface area contributed by atoms with Crippen molar-refractivity contribution in [2.75, 3.05) is 5.32 Å². The van der Waals surface area contributed by atoms with E-state index in [1.54, 1.807) is 48.5 Å². The Labute approximate surface area is 179 Å². The number of ketones is 2. The van der Waals surface area contributed by atoms with Gasteiger partial charge in [-0.3, -0.25) is 14.4 Å². The average Bonchev–Trinajstić information content (AvgIpc) is 2.89. The summed E-state index contributed by atoms with van der Waals surface area (Å²) in [7, 11) is 0. The van der Waals surface area contributed by atoms with E-state index in [0.717, 1.165) is 5.56 Å². The van der Waals surface area contributed by atoms with Crippen LogP contribution >= 0.6 is 11.6 Å². The summed E-state index contributed by atoms with van der Waals surface area (Å²) in [5.41, 5.74) is 2.26. The molecule has 0 spiro atoms. The molecule has 30 heavy (non-hydrogen) atoms. The highest BCUT2D eigenvalue weighted by molar-refractivity contribution is 6.34. The maximum atomic E-state index is 13.5. The number of amides is 1. The number of halogens is 1. The van der Waals surface area contributed by atoms with Crippen LogP contribution in [0.25, 0.3) is 0 Å². The first-order valence-electron chi connectivity index (χ1n) is 9.80. The summed E-state index contributed by atoms with van der Waals surface area (Å²) in [5.74, 6) is -1.61. The van der Waals surface area contributed by atoms with Crippen LogP contribution in [-0.4, -0.2) is 17.5 Å². The number of nitrogens with one attached hydrogen (secondary N) is 1. The van der Waals surface area contributed by atoms with Crippen molar-refractivity contribution in [3.63, 3.8) is 0 Å². The lowest BCUT2D eigenvalue weighted by Crippen LogP contribution is -2.26. The molecular weight excluding hydrogens is 398 g/mol. The van der Waals surface area contributed by atoms with Gasteiger partial charge in [0.2, 0.25) is 5.91 Å². The number of benzene rings is 3. The summed E-state index contributed by atoms with van der Waals surface area (Å²) in [6.07, 6.45) is 0.0997. The van der Waals surface area contributed by atoms with E-state index >= 15 is 0 Å². The summed E-state index contributed by atoms with van der Waals surface area (Å²) in [6, 6.07) is 23.3. The van der Waals surface area contributed by atoms with Crippen molar-refractivity contribution >= 4 is 34.8 Å². The zero-order valence-corrected chi connectivity index (χ0v) is 16.9. The first kappa shape index (κ1) is 20.0. The zero-order chi connectivity index (χ0) is 21.1. The fraction of sp³-hybridized carbons (Fsp3) is 0.160. The quantitative estimate of drug-likeness (QED) is 0.554. The Balaban J connectivity index is 1.75. The second-order valence-corrected chi connectivity index (χ2v) is 7.80. The van der Waals surface area contributed by atoms with Crippen molar-refractivity contribution in [3.05, 3.63) is 101 Å². The number of carbonyl (C=O) groups is 3. The van der Waals surface area contributed by atoms with Crippen LogP contribution in [0, 0.1) is 5.92 Å². The topological polar surface area (TPSA) is 63.2 Å². The highest BCUT2D eigenvalue weighted by Crippen LogP contribution is 2.38. The molecular formula is C25H20ClNO3. The summed E-state index contributed by atoms with van der Waals surface area (Å²) in [5, 5.41) is 3.20. The van der Waals surface area contributed by atoms with Gasteiger partial charge in [-0.2, -0.15) is 0 Å². The highest BCUT2D eigenvalue weighted by Gasteiger charge is 2.37. The SMILES string of the molecule is O=C1CC(C(CC(=O)c2ccccc2Cl)c2ccccc2)C(=O)c2ccccc2N1. The lowest BCUT2D eigenvalue weighted by atomic mass is 9.76. The molecule has 4 nitrogen and oxygen atoms in total. The maximum absolute atomic E-state index is 13.5. The normalized spacial score (nSPS) is 16.9. The molecule has 0 saturated heterocycles. The summed E-state index contributed by atoms with van der Waals surface area (Å²) < 4.78 is 0. The van der Waals surface area contributed by atoms with Gasteiger partial charge in [-0.15, -0.1) is 0 Å². The molecule has 1 amide bonds. The molecule has 3 aromatic carbocycles. The molecule has 5 heteroatoms. The van der Waals surface area contributed by atoms with Gasteiger partial charge in [0.1, 0.15) is 0 Å². The first-order chi connectivity index (χ1) is 14.5. The molecule has 1 N–H and O–H groups in total. The molecule has 2 atom stereocenters. The van der Waals surface area contributed by atoms with Gasteiger partial charge < -0.3 is 5.32 Å². The number of fused-ring (bicyclic) bond motifs is 1. The molecule has 1 aliphatic rings. The van der Waals surface area contributed by atoms with E-state index in [-0.39, 0.29) is 30.3 Å². The van der Waals surface area contributed by atoms with Crippen molar-refractivity contribution in [1.82, 2.24) is 0 Å². The number of anilines is 1. The third kappa shape index (κ3) is 4.05. The van der Waals surface area contributed by atoms with Crippen LogP contribution in [0.5, 0.6) is 0 Å². The Bertz CT molecular complexity index is 1110. The minimum absolute atomic E-state index is 0.0167. The molecule has 1 aliphatic heterocycles. The highest BCUT2D eigenvalue weighted by atomic mass is 35.5. The van der Waals surface area contributed by atoms with Gasteiger partial charge in [-0.25, -0.2) is 0 Å². The Morgan fingerprint density at radius 2 is 1.60 bits per heavy atom. The Morgan fingerprint density at radius 1 is 0.933 bits per heavy atom. The van der Waals surface area contributed by atoms with Gasteiger partial charge in [0.05, 0.1) is 10.7 Å². The minimum atomic E-state index is -0.650. The maximum Gasteiger partial charge on any atom is 0.225 e. The lowest BCUT2D eigenvalue weighted by molar-refractivity contribution is -0.116. The molecule has 0 aromatic heterocycles. The molecule has 150 valence electrons. The number of rotatable bonds is 5. The van der Waals surface area contributed by atoms with Crippen LogP contribution < -0.4 is 5.32 Å². The average molecular weight is 418 g/mol. The summed E-state index contributed by atoms with van der Waals surface area (Å²) in [4.78, 5) is 39.1. The number of Topliss-reactive ketones (excluding diaryl/α,β-unsaturated/α-hetero) is 2. The molecule has 0 fully saturated rings. The predicted octanol–water partition coefficient (Wildman–Crippen LogP) is 5.54. The zero-order valence-electron chi connectivity index (χ0n) is 16.2. The Morgan fingerprint density at radius 3 is 2.37 bits per heavy atom. The molecule has 0 aliphatic carbocycles. The largest absolute Gasteiger partial charge is 0.325 e. The van der Waals surface area contributed by atoms with Gasteiger partial charge in [0.15, 0.2) is 11.6 Å². The van der Waals surface area contributed by atoms with Crippen LogP contribution in [0.3, 0.4) is 0 Å². The van der Waals surface area contributed by atoms with Crippen molar-refractivity contribution in [3.8, 4) is 0 Å². The van der Waals surface area contributed by atoms with Gasteiger partial charge in [0.25, 0.3) is 0 Å². The molecule has 0 saturated carbocycles. The minimum Gasteiger partial charge on any atom is -0.325 e. The van der Waals surface area contributed by atoms with Gasteiger partial charge in [0, 0.05) is 35.8 Å². The second-order valence-electron chi connectivity index (χ2n) is 7.39. The summed E-state index contributed by atoms with van der Waals surface area (Å²) in [6.45, 7) is 0. The molecule has 2 unspecified atom stereocenters. The molecule has 3 aromatic rings. The van der Waals surface area contributed by atoms with Crippen LogP contribution in [0.1, 0.15) is 45.0 Å². The number of hydrogen-bond donors (Lipinski definition) is 1. The van der Waals surface area contributed by atoms with E-state index in [9.17, 15) is 14.4 Å². The Hall–Kier alpha value is -3.24. The van der Waals surface area contributed by atoms with E-state index in [2.05, 4.69) is 5.32 Å². The molecule has 4 rings (SSSR count). The Kier molecular flexibility index (Phi) is 5.77. The van der Waals surface area contributed by atoms with E-state index in [1.807, 2.05) is 30.3 Å². The van der Waals surface area contributed by atoms with Gasteiger partial charge in [-0.1, -0.05) is 66.2 Å². The number of carbonyl (C=O) groups excluding carboxylic acids is 3. The van der Waals surface area contributed by atoms with Gasteiger partial charge in [-0.05, 0) is 29.8 Å². The number of para-hydroxylation sites is 1. The van der Waals surface area contributed by atoms with Crippen LogP contribution in [-0.2, 0) is 4.79 Å². The summed E-state index contributed by atoms with van der Waals surface area (Å²) >= 11 is 6.23. The van der Waals surface area contributed by atoms with E-state index in [1.165, 1.54) is 0 Å². The van der Waals surface area contributed by atoms with Crippen molar-refractivity contribution in [2.45, 2.75) is 18.8 Å². The van der Waals surface area contributed by atoms with Crippen LogP contribution in [0.4, 0.5) is 5.69 Å². The molecule has 1 heterocycles.